The number of benzene rings is 1. The molecule has 0 saturated heterocycles. The van der Waals surface area contributed by atoms with Gasteiger partial charge in [-0.05, 0) is 45.0 Å². The fraction of sp³-hybridized carbons (Fsp3) is 0.300. The lowest BCUT2D eigenvalue weighted by molar-refractivity contribution is 0.332. The fourth-order valence-electron chi connectivity index (χ4n) is 2.76. The first-order valence-electron chi connectivity index (χ1n) is 9.01. The van der Waals surface area contributed by atoms with Gasteiger partial charge < -0.3 is 24.9 Å². The number of nitrogens with two attached hydrogens (primary N) is 1. The number of aryl methyl sites for hydroxylation is 1. The Morgan fingerprint density at radius 2 is 2.00 bits per heavy atom. The molecule has 142 valence electrons. The molecule has 0 saturated carbocycles. The highest BCUT2D eigenvalue weighted by atomic mass is 16.5. The maximum atomic E-state index is 6.07. The lowest BCUT2D eigenvalue weighted by Crippen LogP contribution is -2.23. The van der Waals surface area contributed by atoms with Crippen LogP contribution in [-0.4, -0.2) is 28.6 Å². The van der Waals surface area contributed by atoms with E-state index in [2.05, 4.69) is 15.3 Å². The largest absolute Gasteiger partial charge is 0.494 e. The molecule has 0 amide bonds. The number of hydrogen-bond acceptors (Lipinski definition) is 4. The minimum Gasteiger partial charge on any atom is -0.494 e. The van der Waals surface area contributed by atoms with Gasteiger partial charge in [0.25, 0.3) is 0 Å². The number of aliphatic imine (C=N–C) groups is 1. The molecule has 0 aliphatic carbocycles. The second-order valence-corrected chi connectivity index (χ2v) is 5.98. The van der Waals surface area contributed by atoms with Crippen LogP contribution in [-0.2, 0) is 6.54 Å². The second kappa shape index (κ2) is 8.44. The Balaban J connectivity index is 1.76. The second-order valence-electron chi connectivity index (χ2n) is 5.98. The van der Waals surface area contributed by atoms with Crippen molar-refractivity contribution in [2.24, 2.45) is 10.7 Å². The lowest BCUT2D eigenvalue weighted by atomic mass is 10.2. The van der Waals surface area contributed by atoms with Gasteiger partial charge in [-0.15, -0.1) is 0 Å². The molecule has 2 aromatic heterocycles. The molecule has 1 aromatic carbocycles. The third kappa shape index (κ3) is 4.49. The monoisotopic (exact) mass is 367 g/mol. The lowest BCUT2D eigenvalue weighted by Gasteiger charge is -2.13. The van der Waals surface area contributed by atoms with Crippen LogP contribution in [0, 0.1) is 6.92 Å². The number of fused-ring (bicyclic) bond motifs is 1. The number of pyridine rings is 1. The zero-order chi connectivity index (χ0) is 19.2. The number of nitrogens with zero attached hydrogens (tertiary/aromatic N) is 3. The Labute approximate surface area is 158 Å². The fourth-order valence-corrected chi connectivity index (χ4v) is 2.76. The van der Waals surface area contributed by atoms with Crippen molar-refractivity contribution in [3.63, 3.8) is 0 Å². The van der Waals surface area contributed by atoms with Crippen molar-refractivity contribution in [2.75, 3.05) is 18.5 Å². The Kier molecular flexibility index (Phi) is 5.80. The van der Waals surface area contributed by atoms with Gasteiger partial charge in [-0.1, -0.05) is 6.07 Å². The van der Waals surface area contributed by atoms with Crippen molar-refractivity contribution in [3.8, 4) is 11.5 Å². The predicted molar refractivity (Wildman–Crippen MR) is 108 cm³/mol. The Morgan fingerprint density at radius 3 is 2.74 bits per heavy atom. The summed E-state index contributed by atoms with van der Waals surface area (Å²) in [7, 11) is 0. The van der Waals surface area contributed by atoms with Crippen molar-refractivity contribution < 1.29 is 9.47 Å². The van der Waals surface area contributed by atoms with E-state index in [9.17, 15) is 0 Å². The molecule has 0 radical (unpaired) electrons. The summed E-state index contributed by atoms with van der Waals surface area (Å²) in [6.45, 7) is 7.44. The van der Waals surface area contributed by atoms with Crippen LogP contribution in [0.5, 0.6) is 11.5 Å². The van der Waals surface area contributed by atoms with E-state index >= 15 is 0 Å². The molecule has 3 N–H and O–H groups in total. The average Bonchev–Trinajstić information content (AvgIpc) is 3.07. The first kappa shape index (κ1) is 18.6. The zero-order valence-electron chi connectivity index (χ0n) is 15.9. The van der Waals surface area contributed by atoms with Crippen molar-refractivity contribution in [2.45, 2.75) is 27.3 Å². The van der Waals surface area contributed by atoms with Gasteiger partial charge in [-0.25, -0.2) is 9.98 Å². The minimum absolute atomic E-state index is 0.290. The summed E-state index contributed by atoms with van der Waals surface area (Å²) in [5, 5.41) is 3.10. The van der Waals surface area contributed by atoms with Crippen molar-refractivity contribution in [1.29, 1.82) is 0 Å². The van der Waals surface area contributed by atoms with Crippen LogP contribution in [0.1, 0.15) is 25.2 Å². The van der Waals surface area contributed by atoms with Gasteiger partial charge in [0, 0.05) is 18.0 Å². The standard InChI is InChI=1S/C20H25N5O2/c1-4-26-16-9-10-18(27-5-2)17(11-16)24-20(21)22-12-15-13-25-14(3)7-6-8-19(25)23-15/h6-11,13H,4-5,12H2,1-3H3,(H3,21,22,24). The van der Waals surface area contributed by atoms with Gasteiger partial charge >= 0.3 is 0 Å². The topological polar surface area (TPSA) is 86.2 Å². The minimum atomic E-state index is 0.290. The van der Waals surface area contributed by atoms with Gasteiger partial charge in [0.15, 0.2) is 5.96 Å². The summed E-state index contributed by atoms with van der Waals surface area (Å²) < 4.78 is 13.2. The van der Waals surface area contributed by atoms with Crippen molar-refractivity contribution in [3.05, 3.63) is 54.0 Å². The van der Waals surface area contributed by atoms with E-state index in [-0.39, 0.29) is 0 Å². The van der Waals surface area contributed by atoms with Crippen LogP contribution in [0.3, 0.4) is 0 Å². The van der Waals surface area contributed by atoms with Crippen LogP contribution in [0.2, 0.25) is 0 Å². The summed E-state index contributed by atoms with van der Waals surface area (Å²) in [4.78, 5) is 8.97. The number of imidazole rings is 1. The quantitative estimate of drug-likeness (QED) is 0.494. The molecular weight excluding hydrogens is 342 g/mol. The van der Waals surface area contributed by atoms with Gasteiger partial charge in [0.1, 0.15) is 17.1 Å². The number of hydrogen-bond donors (Lipinski definition) is 2. The van der Waals surface area contributed by atoms with Crippen molar-refractivity contribution in [1.82, 2.24) is 9.38 Å². The Morgan fingerprint density at radius 1 is 1.19 bits per heavy atom. The smallest absolute Gasteiger partial charge is 0.193 e. The van der Waals surface area contributed by atoms with E-state index in [1.54, 1.807) is 0 Å². The molecule has 0 aliphatic heterocycles. The number of aromatic nitrogens is 2. The third-order valence-corrected chi connectivity index (χ3v) is 3.98. The maximum absolute atomic E-state index is 6.07. The van der Waals surface area contributed by atoms with Crippen LogP contribution in [0.4, 0.5) is 5.69 Å². The number of guanidine groups is 1. The highest BCUT2D eigenvalue weighted by Gasteiger charge is 2.08. The molecule has 3 rings (SSSR count). The number of rotatable bonds is 7. The molecule has 0 unspecified atom stereocenters. The van der Waals surface area contributed by atoms with Gasteiger partial charge in [0.2, 0.25) is 0 Å². The first-order valence-corrected chi connectivity index (χ1v) is 9.01. The predicted octanol–water partition coefficient (Wildman–Crippen LogP) is 3.37. The Hall–Kier alpha value is -3.22. The molecule has 0 bridgehead atoms. The molecule has 3 aromatic rings. The zero-order valence-corrected chi connectivity index (χ0v) is 15.9. The highest BCUT2D eigenvalue weighted by molar-refractivity contribution is 5.94. The third-order valence-electron chi connectivity index (χ3n) is 3.98. The molecule has 2 heterocycles. The van der Waals surface area contributed by atoms with E-state index in [4.69, 9.17) is 15.2 Å². The molecule has 27 heavy (non-hydrogen) atoms. The average molecular weight is 367 g/mol. The maximum Gasteiger partial charge on any atom is 0.193 e. The summed E-state index contributed by atoms with van der Waals surface area (Å²) in [6, 6.07) is 11.6. The highest BCUT2D eigenvalue weighted by Crippen LogP contribution is 2.29. The van der Waals surface area contributed by atoms with Gasteiger partial charge in [0.05, 0.1) is 31.1 Å². The molecule has 0 fully saturated rings. The summed E-state index contributed by atoms with van der Waals surface area (Å²) >= 11 is 0. The summed E-state index contributed by atoms with van der Waals surface area (Å²) in [5.74, 6) is 1.73. The Bertz CT molecular complexity index is 949. The van der Waals surface area contributed by atoms with E-state index in [0.717, 1.165) is 28.5 Å². The van der Waals surface area contributed by atoms with E-state index in [1.165, 1.54) is 0 Å². The van der Waals surface area contributed by atoms with E-state index < -0.39 is 0 Å². The number of anilines is 1. The SMILES string of the molecule is CCOc1ccc(OCC)c(NC(N)=NCc2cn3c(C)cccc3n2)c1. The van der Waals surface area contributed by atoms with E-state index in [1.807, 2.05) is 67.8 Å². The van der Waals surface area contributed by atoms with Crippen LogP contribution in [0.15, 0.2) is 47.6 Å². The van der Waals surface area contributed by atoms with Crippen LogP contribution in [0.25, 0.3) is 5.65 Å². The molecule has 0 spiro atoms. The molecule has 0 aliphatic rings. The van der Waals surface area contributed by atoms with Gasteiger partial charge in [-0.3, -0.25) is 0 Å². The van der Waals surface area contributed by atoms with Crippen LogP contribution < -0.4 is 20.5 Å². The molecule has 0 atom stereocenters. The number of ether oxygens (including phenoxy) is 2. The van der Waals surface area contributed by atoms with Gasteiger partial charge in [-0.2, -0.15) is 0 Å². The normalized spacial score (nSPS) is 11.6. The van der Waals surface area contributed by atoms with Crippen molar-refractivity contribution >= 4 is 17.3 Å². The first-order chi connectivity index (χ1) is 13.1. The number of nitrogens with one attached hydrogen (secondary N) is 1. The molecule has 7 heteroatoms. The van der Waals surface area contributed by atoms with E-state index in [0.29, 0.717) is 31.5 Å². The van der Waals surface area contributed by atoms with Crippen LogP contribution >= 0.6 is 0 Å². The summed E-state index contributed by atoms with van der Waals surface area (Å²) in [6.07, 6.45) is 1.97. The molecular formula is C20H25N5O2. The molecule has 7 nitrogen and oxygen atoms in total. The summed E-state index contributed by atoms with van der Waals surface area (Å²) in [5.41, 5.74) is 9.66.